The van der Waals surface area contributed by atoms with Crippen LogP contribution in [-0.4, -0.2) is 24.9 Å². The second kappa shape index (κ2) is 8.18. The summed E-state index contributed by atoms with van der Waals surface area (Å²) in [5, 5.41) is 9.16. The number of aliphatic hydroxyl groups excluding tert-OH is 1. The van der Waals surface area contributed by atoms with Gasteiger partial charge in [-0.2, -0.15) is 0 Å². The van der Waals surface area contributed by atoms with Crippen molar-refractivity contribution in [1.82, 2.24) is 0 Å². The van der Waals surface area contributed by atoms with Crippen LogP contribution in [0.1, 0.15) is 44.2 Å². The summed E-state index contributed by atoms with van der Waals surface area (Å²) in [6, 6.07) is 6.40. The Morgan fingerprint density at radius 2 is 2.05 bits per heavy atom. The van der Waals surface area contributed by atoms with Crippen molar-refractivity contribution in [2.24, 2.45) is 11.7 Å². The topological polar surface area (TPSA) is 55.5 Å². The van der Waals surface area contributed by atoms with Crippen molar-refractivity contribution in [3.8, 4) is 5.75 Å². The van der Waals surface area contributed by atoms with Gasteiger partial charge in [-0.05, 0) is 55.3 Å². The minimum atomic E-state index is 0.171. The van der Waals surface area contributed by atoms with E-state index in [1.54, 1.807) is 0 Å². The largest absolute Gasteiger partial charge is 0.494 e. The van der Waals surface area contributed by atoms with Gasteiger partial charge in [0.2, 0.25) is 0 Å². The highest BCUT2D eigenvalue weighted by Gasteiger charge is 2.10. The molecule has 0 heterocycles. The lowest BCUT2D eigenvalue weighted by Gasteiger charge is -2.16. The standard InChI is InChI=1S/C16H27NO2/c1-4-19-16-8-7-13(9-15(16)12(2)3)5-6-14(10-17)11-18/h7-9,12,14,18H,4-6,10-11,17H2,1-3H3. The van der Waals surface area contributed by atoms with Crippen LogP contribution < -0.4 is 10.5 Å². The maximum Gasteiger partial charge on any atom is 0.122 e. The molecule has 0 aromatic heterocycles. The van der Waals surface area contributed by atoms with Crippen molar-refractivity contribution in [1.29, 1.82) is 0 Å². The summed E-state index contributed by atoms with van der Waals surface area (Å²) >= 11 is 0. The van der Waals surface area contributed by atoms with E-state index in [0.717, 1.165) is 18.6 Å². The molecule has 1 rings (SSSR count). The van der Waals surface area contributed by atoms with Gasteiger partial charge in [0.1, 0.15) is 5.75 Å². The molecular weight excluding hydrogens is 238 g/mol. The molecule has 0 amide bonds. The van der Waals surface area contributed by atoms with Crippen LogP contribution in [0.2, 0.25) is 0 Å². The quantitative estimate of drug-likeness (QED) is 0.760. The Labute approximate surface area is 116 Å². The Balaban J connectivity index is 2.77. The van der Waals surface area contributed by atoms with Crippen LogP contribution in [0.5, 0.6) is 5.75 Å². The van der Waals surface area contributed by atoms with Crippen molar-refractivity contribution < 1.29 is 9.84 Å². The fourth-order valence-corrected chi connectivity index (χ4v) is 2.15. The summed E-state index contributed by atoms with van der Waals surface area (Å²) in [6.07, 6.45) is 1.88. The highest BCUT2D eigenvalue weighted by Crippen LogP contribution is 2.28. The molecule has 3 nitrogen and oxygen atoms in total. The number of hydrogen-bond donors (Lipinski definition) is 2. The molecule has 3 heteroatoms. The zero-order chi connectivity index (χ0) is 14.3. The minimum absolute atomic E-state index is 0.171. The highest BCUT2D eigenvalue weighted by molar-refractivity contribution is 5.39. The van der Waals surface area contributed by atoms with E-state index in [0.29, 0.717) is 19.1 Å². The van der Waals surface area contributed by atoms with Gasteiger partial charge in [0.05, 0.1) is 6.61 Å². The molecule has 0 bridgehead atoms. The molecular formula is C16H27NO2. The lowest BCUT2D eigenvalue weighted by Crippen LogP contribution is -2.18. The predicted molar refractivity (Wildman–Crippen MR) is 79.7 cm³/mol. The molecule has 0 radical (unpaired) electrons. The maximum absolute atomic E-state index is 9.16. The van der Waals surface area contributed by atoms with E-state index in [1.165, 1.54) is 11.1 Å². The second-order valence-electron chi connectivity index (χ2n) is 5.28. The van der Waals surface area contributed by atoms with Gasteiger partial charge < -0.3 is 15.6 Å². The van der Waals surface area contributed by atoms with E-state index >= 15 is 0 Å². The Bertz CT molecular complexity index is 373. The summed E-state index contributed by atoms with van der Waals surface area (Å²) in [5.74, 6) is 1.64. The summed E-state index contributed by atoms with van der Waals surface area (Å²) in [6.45, 7) is 7.77. The number of ether oxygens (including phenoxy) is 1. The zero-order valence-electron chi connectivity index (χ0n) is 12.4. The van der Waals surface area contributed by atoms with Gasteiger partial charge in [-0.3, -0.25) is 0 Å². The van der Waals surface area contributed by atoms with E-state index in [9.17, 15) is 0 Å². The Morgan fingerprint density at radius 3 is 2.58 bits per heavy atom. The third-order valence-electron chi connectivity index (χ3n) is 3.43. The molecule has 19 heavy (non-hydrogen) atoms. The third kappa shape index (κ3) is 4.84. The first-order chi connectivity index (χ1) is 9.12. The third-order valence-corrected chi connectivity index (χ3v) is 3.43. The fourth-order valence-electron chi connectivity index (χ4n) is 2.15. The van der Waals surface area contributed by atoms with Gasteiger partial charge in [-0.25, -0.2) is 0 Å². The zero-order valence-corrected chi connectivity index (χ0v) is 12.4. The van der Waals surface area contributed by atoms with Crippen molar-refractivity contribution in [2.45, 2.75) is 39.5 Å². The SMILES string of the molecule is CCOc1ccc(CCC(CN)CO)cc1C(C)C. The average molecular weight is 265 g/mol. The van der Waals surface area contributed by atoms with Crippen LogP contribution in [-0.2, 0) is 6.42 Å². The number of hydrogen-bond acceptors (Lipinski definition) is 3. The molecule has 1 unspecified atom stereocenters. The van der Waals surface area contributed by atoms with E-state index in [1.807, 2.05) is 6.92 Å². The van der Waals surface area contributed by atoms with Gasteiger partial charge in [0.25, 0.3) is 0 Å². The summed E-state index contributed by atoms with van der Waals surface area (Å²) in [5.41, 5.74) is 8.16. The minimum Gasteiger partial charge on any atom is -0.494 e. The second-order valence-corrected chi connectivity index (χ2v) is 5.28. The molecule has 1 aromatic rings. The molecule has 0 saturated heterocycles. The summed E-state index contributed by atoms with van der Waals surface area (Å²) < 4.78 is 5.66. The number of aryl methyl sites for hydroxylation is 1. The Kier molecular flexibility index (Phi) is 6.89. The number of benzene rings is 1. The number of aliphatic hydroxyl groups is 1. The van der Waals surface area contributed by atoms with Crippen molar-refractivity contribution in [3.63, 3.8) is 0 Å². The van der Waals surface area contributed by atoms with Gasteiger partial charge in [0, 0.05) is 6.61 Å². The number of rotatable bonds is 8. The Hall–Kier alpha value is -1.06. The molecule has 1 aromatic carbocycles. The molecule has 1 atom stereocenters. The molecule has 0 spiro atoms. The van der Waals surface area contributed by atoms with Crippen LogP contribution in [0.15, 0.2) is 18.2 Å². The van der Waals surface area contributed by atoms with Crippen LogP contribution in [0.4, 0.5) is 0 Å². The van der Waals surface area contributed by atoms with Crippen LogP contribution in [0.3, 0.4) is 0 Å². The van der Waals surface area contributed by atoms with Crippen molar-refractivity contribution in [3.05, 3.63) is 29.3 Å². The molecule has 0 aliphatic heterocycles. The monoisotopic (exact) mass is 265 g/mol. The lowest BCUT2D eigenvalue weighted by atomic mass is 9.95. The fraction of sp³-hybridized carbons (Fsp3) is 0.625. The van der Waals surface area contributed by atoms with Gasteiger partial charge in [-0.1, -0.05) is 26.0 Å². The normalized spacial score (nSPS) is 12.7. The van der Waals surface area contributed by atoms with Crippen molar-refractivity contribution >= 4 is 0 Å². The molecule has 108 valence electrons. The number of nitrogens with two attached hydrogens (primary N) is 1. The molecule has 0 aliphatic carbocycles. The van der Waals surface area contributed by atoms with Crippen LogP contribution in [0.25, 0.3) is 0 Å². The highest BCUT2D eigenvalue weighted by atomic mass is 16.5. The van der Waals surface area contributed by atoms with Crippen LogP contribution >= 0.6 is 0 Å². The lowest BCUT2D eigenvalue weighted by molar-refractivity contribution is 0.223. The molecule has 0 saturated carbocycles. The first-order valence-electron chi connectivity index (χ1n) is 7.18. The molecule has 3 N–H and O–H groups in total. The van der Waals surface area contributed by atoms with Crippen molar-refractivity contribution in [2.75, 3.05) is 19.8 Å². The van der Waals surface area contributed by atoms with Crippen LogP contribution in [0, 0.1) is 5.92 Å². The Morgan fingerprint density at radius 1 is 1.32 bits per heavy atom. The first kappa shape index (κ1) is 16.0. The molecule has 0 aliphatic rings. The first-order valence-corrected chi connectivity index (χ1v) is 7.18. The van der Waals surface area contributed by atoms with E-state index in [2.05, 4.69) is 32.0 Å². The van der Waals surface area contributed by atoms with E-state index in [4.69, 9.17) is 15.6 Å². The predicted octanol–water partition coefficient (Wildman–Crippen LogP) is 2.71. The summed E-state index contributed by atoms with van der Waals surface area (Å²) in [4.78, 5) is 0. The van der Waals surface area contributed by atoms with Gasteiger partial charge in [0.15, 0.2) is 0 Å². The van der Waals surface area contributed by atoms with E-state index < -0.39 is 0 Å². The maximum atomic E-state index is 9.16. The smallest absolute Gasteiger partial charge is 0.122 e. The molecule has 0 fully saturated rings. The van der Waals surface area contributed by atoms with Gasteiger partial charge in [-0.15, -0.1) is 0 Å². The van der Waals surface area contributed by atoms with E-state index in [-0.39, 0.29) is 12.5 Å². The van der Waals surface area contributed by atoms with Gasteiger partial charge >= 0.3 is 0 Å². The average Bonchev–Trinajstić information content (AvgIpc) is 2.41. The summed E-state index contributed by atoms with van der Waals surface area (Å²) in [7, 11) is 0.